The predicted octanol–water partition coefficient (Wildman–Crippen LogP) is 2.26. The Kier molecular flexibility index (Phi) is 3.08. The monoisotopic (exact) mass is 200 g/mol. The lowest BCUT2D eigenvalue weighted by Gasteiger charge is -2.01. The van der Waals surface area contributed by atoms with Crippen molar-refractivity contribution in [2.24, 2.45) is 0 Å². The lowest BCUT2D eigenvalue weighted by Crippen LogP contribution is -2.18. The molecule has 2 rings (SSSR count). The number of ketones is 1. The van der Waals surface area contributed by atoms with Gasteiger partial charge in [-0.15, -0.1) is 0 Å². The van der Waals surface area contributed by atoms with Gasteiger partial charge in [-0.2, -0.15) is 0 Å². The van der Waals surface area contributed by atoms with Crippen LogP contribution in [0.2, 0.25) is 0 Å². The van der Waals surface area contributed by atoms with Gasteiger partial charge in [0, 0.05) is 12.0 Å². The van der Waals surface area contributed by atoms with Crippen molar-refractivity contribution in [3.05, 3.63) is 48.2 Å². The lowest BCUT2D eigenvalue weighted by molar-refractivity contribution is -0.439. The Morgan fingerprint density at radius 2 is 2.00 bits per heavy atom. The van der Waals surface area contributed by atoms with E-state index in [1.165, 1.54) is 0 Å². The summed E-state index contributed by atoms with van der Waals surface area (Å²) in [7, 11) is 0. The van der Waals surface area contributed by atoms with Crippen LogP contribution in [0.25, 0.3) is 0 Å². The molecule has 15 heavy (non-hydrogen) atoms. The summed E-state index contributed by atoms with van der Waals surface area (Å²) in [4.78, 5) is 11.8. The summed E-state index contributed by atoms with van der Waals surface area (Å²) < 4.78 is 1.96. The summed E-state index contributed by atoms with van der Waals surface area (Å²) >= 11 is 0. The third kappa shape index (κ3) is 2.62. The molecule has 1 aromatic carbocycles. The minimum absolute atomic E-state index is 0.165. The molecule has 0 unspecified atom stereocenters. The minimum Gasteiger partial charge on any atom is -0.287 e. The van der Waals surface area contributed by atoms with Crippen LogP contribution in [0.15, 0.2) is 42.6 Å². The number of hydrogen-bond donors (Lipinski definition) is 0. The second kappa shape index (κ2) is 4.69. The molecule has 0 radical (unpaired) electrons. The Hall–Kier alpha value is -1.70. The van der Waals surface area contributed by atoms with E-state index in [0.717, 1.165) is 18.4 Å². The van der Waals surface area contributed by atoms with Crippen molar-refractivity contribution in [1.29, 1.82) is 0 Å². The van der Waals surface area contributed by atoms with Gasteiger partial charge < -0.3 is 0 Å². The topological polar surface area (TPSA) is 20.1 Å². The van der Waals surface area contributed by atoms with Gasteiger partial charge in [0.2, 0.25) is 12.3 Å². The van der Waals surface area contributed by atoms with Crippen LogP contribution in [-0.4, -0.2) is 23.1 Å². The van der Waals surface area contributed by atoms with Gasteiger partial charge in [-0.1, -0.05) is 30.3 Å². The van der Waals surface area contributed by atoms with Crippen molar-refractivity contribution in [2.45, 2.75) is 12.8 Å². The molecule has 0 atom stereocenters. The zero-order valence-electron chi connectivity index (χ0n) is 8.60. The average molecular weight is 200 g/mol. The van der Waals surface area contributed by atoms with Crippen LogP contribution in [-0.2, 0) is 0 Å². The minimum atomic E-state index is 0.165. The van der Waals surface area contributed by atoms with Gasteiger partial charge in [-0.05, 0) is 12.5 Å². The zero-order chi connectivity index (χ0) is 10.5. The van der Waals surface area contributed by atoms with Gasteiger partial charge in [0.1, 0.15) is 6.21 Å². The molecule has 1 aliphatic rings. The summed E-state index contributed by atoms with van der Waals surface area (Å²) in [6, 6.07) is 9.42. The highest BCUT2D eigenvalue weighted by Crippen LogP contribution is 2.02. The number of allylic oxidation sites excluding steroid dienone is 1. The Morgan fingerprint density at radius 1 is 1.20 bits per heavy atom. The van der Waals surface area contributed by atoms with Gasteiger partial charge in [0.15, 0.2) is 6.20 Å². The van der Waals surface area contributed by atoms with Gasteiger partial charge in [0.25, 0.3) is 0 Å². The van der Waals surface area contributed by atoms with Crippen LogP contribution in [0.3, 0.4) is 0 Å². The van der Waals surface area contributed by atoms with E-state index in [4.69, 9.17) is 0 Å². The third-order valence-electron chi connectivity index (χ3n) is 2.42. The van der Waals surface area contributed by atoms with Crippen molar-refractivity contribution >= 4 is 12.0 Å². The van der Waals surface area contributed by atoms with Crippen LogP contribution in [0.4, 0.5) is 0 Å². The first-order chi connectivity index (χ1) is 7.36. The molecule has 0 aliphatic carbocycles. The van der Waals surface area contributed by atoms with Gasteiger partial charge in [0.05, 0.1) is 0 Å². The highest BCUT2D eigenvalue weighted by molar-refractivity contribution is 5.97. The van der Waals surface area contributed by atoms with E-state index in [0.29, 0.717) is 6.54 Å². The summed E-state index contributed by atoms with van der Waals surface area (Å²) in [5.41, 5.74) is 0.782. The summed E-state index contributed by atoms with van der Waals surface area (Å²) in [5, 5.41) is 0. The largest absolute Gasteiger partial charge is 0.287 e. The quantitative estimate of drug-likeness (QED) is 0.541. The zero-order valence-corrected chi connectivity index (χ0v) is 8.60. The molecule has 2 nitrogen and oxygen atoms in total. The number of benzene rings is 1. The fraction of sp³-hybridized carbons (Fsp3) is 0.231. The molecule has 0 aromatic heterocycles. The van der Waals surface area contributed by atoms with E-state index >= 15 is 0 Å². The first-order valence-corrected chi connectivity index (χ1v) is 5.20. The molecule has 0 spiro atoms. The fourth-order valence-corrected chi connectivity index (χ4v) is 1.61. The van der Waals surface area contributed by atoms with Gasteiger partial charge in [-0.25, -0.2) is 4.58 Å². The van der Waals surface area contributed by atoms with Gasteiger partial charge >= 0.3 is 0 Å². The Labute approximate surface area is 89.6 Å². The maximum atomic E-state index is 11.8. The summed E-state index contributed by atoms with van der Waals surface area (Å²) in [5.74, 6) is 0.165. The first kappa shape index (κ1) is 9.84. The SMILES string of the molecule is O=C(C[N+]1=CCCC=C1)c1ccccc1. The van der Waals surface area contributed by atoms with Crippen molar-refractivity contribution in [2.75, 3.05) is 6.54 Å². The van der Waals surface area contributed by atoms with E-state index in [9.17, 15) is 4.79 Å². The standard InChI is InChI=1S/C13H14NO/c15-13(12-7-3-1-4-8-12)11-14-9-5-2-6-10-14/h1,3-5,7-10H,2,6,11H2/q+1. The van der Waals surface area contributed by atoms with E-state index in [2.05, 4.69) is 12.3 Å². The first-order valence-electron chi connectivity index (χ1n) is 5.20. The number of nitrogens with zero attached hydrogens (tertiary/aromatic N) is 1. The van der Waals surface area contributed by atoms with E-state index in [1.807, 2.05) is 41.1 Å². The molecule has 0 N–H and O–H groups in total. The van der Waals surface area contributed by atoms with Crippen LogP contribution in [0.5, 0.6) is 0 Å². The van der Waals surface area contributed by atoms with E-state index in [-0.39, 0.29) is 5.78 Å². The van der Waals surface area contributed by atoms with Crippen molar-refractivity contribution in [3.63, 3.8) is 0 Å². The molecule has 0 fully saturated rings. The molecular formula is C13H14NO+. The number of rotatable bonds is 3. The van der Waals surface area contributed by atoms with Crippen LogP contribution in [0, 0.1) is 0 Å². The number of hydrogen-bond acceptors (Lipinski definition) is 1. The Bertz CT molecular complexity index is 404. The highest BCUT2D eigenvalue weighted by atomic mass is 16.1. The average Bonchev–Trinajstić information content (AvgIpc) is 2.31. The van der Waals surface area contributed by atoms with E-state index in [1.54, 1.807) is 0 Å². The second-order valence-corrected chi connectivity index (χ2v) is 3.61. The molecule has 2 heteroatoms. The van der Waals surface area contributed by atoms with E-state index < -0.39 is 0 Å². The molecule has 0 bridgehead atoms. The summed E-state index contributed by atoms with van der Waals surface area (Å²) in [6.07, 6.45) is 8.25. The normalized spacial score (nSPS) is 14.8. The van der Waals surface area contributed by atoms with Gasteiger partial charge in [-0.3, -0.25) is 4.79 Å². The smallest absolute Gasteiger partial charge is 0.227 e. The molecule has 1 heterocycles. The number of carbonyl (C=O) groups excluding carboxylic acids is 1. The molecule has 1 aromatic rings. The molecule has 1 aliphatic heterocycles. The number of carbonyl (C=O) groups is 1. The Morgan fingerprint density at radius 3 is 2.67 bits per heavy atom. The molecule has 0 saturated heterocycles. The van der Waals surface area contributed by atoms with Crippen LogP contribution >= 0.6 is 0 Å². The Balaban J connectivity index is 2.04. The maximum Gasteiger partial charge on any atom is 0.227 e. The lowest BCUT2D eigenvalue weighted by atomic mass is 10.1. The maximum absolute atomic E-state index is 11.8. The second-order valence-electron chi connectivity index (χ2n) is 3.61. The van der Waals surface area contributed by atoms with Crippen molar-refractivity contribution in [1.82, 2.24) is 0 Å². The van der Waals surface area contributed by atoms with Crippen LogP contribution < -0.4 is 0 Å². The number of Topliss-reactive ketones (excluding diaryl/α,β-unsaturated/α-hetero) is 1. The molecule has 0 amide bonds. The summed E-state index contributed by atoms with van der Waals surface area (Å²) in [6.45, 7) is 0.445. The fourth-order valence-electron chi connectivity index (χ4n) is 1.61. The predicted molar refractivity (Wildman–Crippen MR) is 60.3 cm³/mol. The molecule has 76 valence electrons. The molecule has 0 saturated carbocycles. The highest BCUT2D eigenvalue weighted by Gasteiger charge is 2.12. The molecular weight excluding hydrogens is 186 g/mol. The van der Waals surface area contributed by atoms with Crippen LogP contribution in [0.1, 0.15) is 23.2 Å². The third-order valence-corrected chi connectivity index (χ3v) is 2.42. The van der Waals surface area contributed by atoms with Crippen molar-refractivity contribution < 1.29 is 9.37 Å². The van der Waals surface area contributed by atoms with Crippen molar-refractivity contribution in [3.8, 4) is 0 Å².